The van der Waals surface area contributed by atoms with E-state index in [0.29, 0.717) is 19.4 Å². The molecule has 1 amide bonds. The van der Waals surface area contributed by atoms with E-state index in [9.17, 15) is 4.79 Å². The van der Waals surface area contributed by atoms with Gasteiger partial charge in [0.15, 0.2) is 0 Å². The summed E-state index contributed by atoms with van der Waals surface area (Å²) in [5, 5.41) is 11.7. The van der Waals surface area contributed by atoms with Crippen LogP contribution in [0.15, 0.2) is 24.5 Å². The molecule has 0 aliphatic carbocycles. The maximum atomic E-state index is 11.5. The Morgan fingerprint density at radius 3 is 2.40 bits per heavy atom. The van der Waals surface area contributed by atoms with Gasteiger partial charge in [-0.3, -0.25) is 4.79 Å². The highest BCUT2D eigenvalue weighted by atomic mass is 16.3. The Bertz CT molecular complexity index is 285. The van der Waals surface area contributed by atoms with Crippen LogP contribution in [0.4, 0.5) is 0 Å². The minimum atomic E-state index is 0.102. The van der Waals surface area contributed by atoms with Crippen molar-refractivity contribution in [2.45, 2.75) is 71.1 Å². The second-order valence-electron chi connectivity index (χ2n) is 5.23. The maximum absolute atomic E-state index is 11.5. The summed E-state index contributed by atoms with van der Waals surface area (Å²) in [6.07, 6.45) is 14.6. The summed E-state index contributed by atoms with van der Waals surface area (Å²) in [7, 11) is 0. The molecule has 0 rings (SSSR count). The Kier molecular flexibility index (Phi) is 13.3. The Morgan fingerprint density at radius 1 is 1.05 bits per heavy atom. The van der Waals surface area contributed by atoms with E-state index >= 15 is 0 Å². The number of amides is 1. The molecule has 116 valence electrons. The van der Waals surface area contributed by atoms with Crippen LogP contribution in [0.1, 0.15) is 71.1 Å². The quantitative estimate of drug-likeness (QED) is 0.293. The van der Waals surface area contributed by atoms with Crippen LogP contribution in [0.2, 0.25) is 0 Å². The van der Waals surface area contributed by atoms with Gasteiger partial charge in [0.2, 0.25) is 5.91 Å². The van der Waals surface area contributed by atoms with Gasteiger partial charge in [0.25, 0.3) is 0 Å². The molecule has 0 heterocycles. The molecule has 0 saturated carbocycles. The van der Waals surface area contributed by atoms with Gasteiger partial charge in [0, 0.05) is 19.4 Å². The third-order valence-electron chi connectivity index (χ3n) is 3.13. The van der Waals surface area contributed by atoms with Gasteiger partial charge in [-0.2, -0.15) is 0 Å². The number of hydrogen-bond donors (Lipinski definition) is 2. The Labute approximate surface area is 124 Å². The van der Waals surface area contributed by atoms with Crippen molar-refractivity contribution in [2.24, 2.45) is 0 Å². The average molecular weight is 281 g/mol. The van der Waals surface area contributed by atoms with Crippen molar-refractivity contribution in [3.63, 3.8) is 0 Å². The normalized spacial score (nSPS) is 10.8. The molecule has 20 heavy (non-hydrogen) atoms. The number of aliphatic hydroxyl groups is 1. The van der Waals surface area contributed by atoms with Crippen LogP contribution < -0.4 is 5.32 Å². The Balaban J connectivity index is 3.30. The lowest BCUT2D eigenvalue weighted by atomic mass is 10.1. The number of aliphatic hydroxyl groups excluding tert-OH is 1. The fourth-order valence-electron chi connectivity index (χ4n) is 1.91. The minimum absolute atomic E-state index is 0.102. The smallest absolute Gasteiger partial charge is 0.220 e. The topological polar surface area (TPSA) is 49.3 Å². The lowest BCUT2D eigenvalue weighted by molar-refractivity contribution is -0.121. The van der Waals surface area contributed by atoms with Gasteiger partial charge in [-0.15, -0.1) is 0 Å². The van der Waals surface area contributed by atoms with Gasteiger partial charge in [0.05, 0.1) is 5.76 Å². The van der Waals surface area contributed by atoms with Crippen LogP contribution in [0, 0.1) is 0 Å². The highest BCUT2D eigenvalue weighted by Crippen LogP contribution is 2.04. The predicted octanol–water partition coefficient (Wildman–Crippen LogP) is 4.65. The summed E-state index contributed by atoms with van der Waals surface area (Å²) < 4.78 is 0. The molecule has 0 spiro atoms. The molecule has 0 aromatic carbocycles. The van der Waals surface area contributed by atoms with Crippen molar-refractivity contribution < 1.29 is 9.90 Å². The Hall–Kier alpha value is -1.25. The number of rotatable bonds is 13. The molecule has 0 radical (unpaired) electrons. The minimum Gasteiger partial charge on any atom is -0.513 e. The van der Waals surface area contributed by atoms with Crippen LogP contribution in [0.5, 0.6) is 0 Å². The standard InChI is InChI=1S/C17H31NO2/c1-3-4-5-6-7-8-9-10-11-14-17(20)18-15-12-13-16(2)19/h8-9,19H,2-7,10-15H2,1H3,(H,18,20)/b9-8-. The second-order valence-corrected chi connectivity index (χ2v) is 5.23. The largest absolute Gasteiger partial charge is 0.513 e. The number of hydrogen-bond acceptors (Lipinski definition) is 2. The summed E-state index contributed by atoms with van der Waals surface area (Å²) in [6, 6.07) is 0. The molecule has 0 atom stereocenters. The van der Waals surface area contributed by atoms with E-state index in [1.165, 1.54) is 25.7 Å². The van der Waals surface area contributed by atoms with E-state index in [-0.39, 0.29) is 11.7 Å². The molecule has 0 fully saturated rings. The number of unbranched alkanes of at least 4 members (excludes halogenated alkanes) is 5. The summed E-state index contributed by atoms with van der Waals surface area (Å²) in [5.74, 6) is 0.285. The second kappa shape index (κ2) is 14.2. The average Bonchev–Trinajstić information content (AvgIpc) is 2.41. The lowest BCUT2D eigenvalue weighted by Gasteiger charge is -2.03. The first-order valence-corrected chi connectivity index (χ1v) is 7.95. The maximum Gasteiger partial charge on any atom is 0.220 e. The van der Waals surface area contributed by atoms with Crippen LogP contribution >= 0.6 is 0 Å². The summed E-state index contributed by atoms with van der Waals surface area (Å²) in [4.78, 5) is 11.5. The first-order chi connectivity index (χ1) is 9.66. The molecule has 0 bridgehead atoms. The molecule has 0 aromatic rings. The van der Waals surface area contributed by atoms with Crippen molar-refractivity contribution in [3.05, 3.63) is 24.5 Å². The molecule has 3 nitrogen and oxygen atoms in total. The van der Waals surface area contributed by atoms with Crippen molar-refractivity contribution >= 4 is 5.91 Å². The monoisotopic (exact) mass is 281 g/mol. The molecule has 0 aromatic heterocycles. The van der Waals surface area contributed by atoms with Gasteiger partial charge >= 0.3 is 0 Å². The third-order valence-corrected chi connectivity index (χ3v) is 3.13. The number of nitrogens with one attached hydrogen (secondary N) is 1. The third kappa shape index (κ3) is 14.8. The molecular formula is C17H31NO2. The van der Waals surface area contributed by atoms with E-state index in [0.717, 1.165) is 25.7 Å². The lowest BCUT2D eigenvalue weighted by Crippen LogP contribution is -2.23. The first kappa shape index (κ1) is 18.8. The number of allylic oxidation sites excluding steroid dienone is 3. The van der Waals surface area contributed by atoms with Gasteiger partial charge in [0.1, 0.15) is 0 Å². The molecular weight excluding hydrogens is 250 g/mol. The fraction of sp³-hybridized carbons (Fsp3) is 0.706. The first-order valence-electron chi connectivity index (χ1n) is 7.95. The predicted molar refractivity (Wildman–Crippen MR) is 85.8 cm³/mol. The van der Waals surface area contributed by atoms with Gasteiger partial charge in [-0.25, -0.2) is 0 Å². The molecule has 2 N–H and O–H groups in total. The zero-order valence-electron chi connectivity index (χ0n) is 13.0. The molecule has 0 unspecified atom stereocenters. The van der Waals surface area contributed by atoms with Gasteiger partial charge < -0.3 is 10.4 Å². The van der Waals surface area contributed by atoms with E-state index < -0.39 is 0 Å². The van der Waals surface area contributed by atoms with Crippen LogP contribution in [-0.2, 0) is 4.79 Å². The van der Waals surface area contributed by atoms with Crippen molar-refractivity contribution in [1.29, 1.82) is 0 Å². The van der Waals surface area contributed by atoms with Crippen LogP contribution in [-0.4, -0.2) is 17.6 Å². The molecule has 3 heteroatoms. The summed E-state index contributed by atoms with van der Waals surface area (Å²) >= 11 is 0. The van der Waals surface area contributed by atoms with Crippen molar-refractivity contribution in [3.8, 4) is 0 Å². The van der Waals surface area contributed by atoms with E-state index in [1.54, 1.807) is 0 Å². The number of carbonyl (C=O) groups is 1. The van der Waals surface area contributed by atoms with E-state index in [2.05, 4.69) is 31.0 Å². The zero-order chi connectivity index (χ0) is 15.1. The van der Waals surface area contributed by atoms with Crippen molar-refractivity contribution in [1.82, 2.24) is 5.32 Å². The van der Waals surface area contributed by atoms with E-state index in [4.69, 9.17) is 5.11 Å². The van der Waals surface area contributed by atoms with E-state index in [1.807, 2.05) is 0 Å². The molecule has 0 aliphatic rings. The van der Waals surface area contributed by atoms with Gasteiger partial charge in [-0.1, -0.05) is 44.9 Å². The fourth-order valence-corrected chi connectivity index (χ4v) is 1.91. The summed E-state index contributed by atoms with van der Waals surface area (Å²) in [6.45, 7) is 6.25. The SMILES string of the molecule is C=C(O)CCCNC(=O)CCC/C=C\CCCCCC. The zero-order valence-corrected chi connectivity index (χ0v) is 13.0. The molecule has 0 saturated heterocycles. The van der Waals surface area contributed by atoms with Crippen molar-refractivity contribution in [2.75, 3.05) is 6.54 Å². The molecule has 0 aliphatic heterocycles. The highest BCUT2D eigenvalue weighted by Gasteiger charge is 1.99. The van der Waals surface area contributed by atoms with Crippen LogP contribution in [0.3, 0.4) is 0 Å². The van der Waals surface area contributed by atoms with Crippen LogP contribution in [0.25, 0.3) is 0 Å². The summed E-state index contributed by atoms with van der Waals surface area (Å²) in [5.41, 5.74) is 0. The number of carbonyl (C=O) groups excluding carboxylic acids is 1. The highest BCUT2D eigenvalue weighted by molar-refractivity contribution is 5.75. The van der Waals surface area contributed by atoms with Gasteiger partial charge in [-0.05, 0) is 32.1 Å². The Morgan fingerprint density at radius 2 is 1.75 bits per heavy atom.